The zero-order valence-electron chi connectivity index (χ0n) is 9.59. The van der Waals surface area contributed by atoms with E-state index in [1.807, 2.05) is 0 Å². The second-order valence-corrected chi connectivity index (χ2v) is 6.91. The Balaban J connectivity index is 1.89. The van der Waals surface area contributed by atoms with Gasteiger partial charge in [0.05, 0.1) is 0 Å². The Hall–Kier alpha value is -0.530. The van der Waals surface area contributed by atoms with Gasteiger partial charge in [0.2, 0.25) is 5.91 Å². The molecule has 4 bridgehead atoms. The summed E-state index contributed by atoms with van der Waals surface area (Å²) >= 11 is 0. The number of hydrogen-bond acceptors (Lipinski definition) is 1. The third kappa shape index (κ3) is 1.49. The van der Waals surface area contributed by atoms with Gasteiger partial charge in [-0.15, -0.1) is 0 Å². The monoisotopic (exact) mass is 207 g/mol. The van der Waals surface area contributed by atoms with E-state index in [2.05, 4.69) is 6.92 Å². The molecule has 0 spiro atoms. The second kappa shape index (κ2) is 2.78. The first-order valence-corrected chi connectivity index (χ1v) is 6.27. The van der Waals surface area contributed by atoms with Crippen LogP contribution in [0.1, 0.15) is 51.9 Å². The Morgan fingerprint density at radius 1 is 1.27 bits per heavy atom. The topological polar surface area (TPSA) is 43.1 Å². The lowest BCUT2D eigenvalue weighted by molar-refractivity contribution is -0.133. The van der Waals surface area contributed by atoms with E-state index >= 15 is 0 Å². The molecule has 0 aromatic rings. The number of primary amides is 1. The molecule has 0 aromatic carbocycles. The van der Waals surface area contributed by atoms with Gasteiger partial charge in [-0.05, 0) is 61.2 Å². The highest BCUT2D eigenvalue weighted by Gasteiger charge is 2.55. The first-order chi connectivity index (χ1) is 6.99. The van der Waals surface area contributed by atoms with Gasteiger partial charge in [0.25, 0.3) is 0 Å². The molecule has 1 amide bonds. The van der Waals surface area contributed by atoms with Crippen LogP contribution in [0.3, 0.4) is 0 Å². The van der Waals surface area contributed by atoms with E-state index in [-0.39, 0.29) is 5.91 Å². The van der Waals surface area contributed by atoms with E-state index in [0.717, 1.165) is 11.8 Å². The molecular formula is C13H21NO. The van der Waals surface area contributed by atoms with E-state index in [9.17, 15) is 4.79 Å². The maximum Gasteiger partial charge on any atom is 0.217 e. The minimum Gasteiger partial charge on any atom is -0.370 e. The predicted octanol–water partition coefficient (Wildman–Crippen LogP) is 2.47. The van der Waals surface area contributed by atoms with Crippen molar-refractivity contribution >= 4 is 5.91 Å². The van der Waals surface area contributed by atoms with E-state index in [0.29, 0.717) is 17.3 Å². The van der Waals surface area contributed by atoms with Gasteiger partial charge in [-0.2, -0.15) is 0 Å². The fourth-order valence-electron chi connectivity index (χ4n) is 5.50. The minimum atomic E-state index is -0.0828. The third-order valence-corrected chi connectivity index (χ3v) is 5.02. The molecule has 15 heavy (non-hydrogen) atoms. The van der Waals surface area contributed by atoms with Crippen molar-refractivity contribution in [1.29, 1.82) is 0 Å². The molecule has 0 aliphatic heterocycles. The Morgan fingerprint density at radius 2 is 1.87 bits per heavy atom. The summed E-state index contributed by atoms with van der Waals surface area (Å²) < 4.78 is 0. The summed E-state index contributed by atoms with van der Waals surface area (Å²) in [5.74, 6) is 1.71. The Morgan fingerprint density at radius 3 is 2.33 bits per heavy atom. The lowest BCUT2D eigenvalue weighted by atomic mass is 9.44. The summed E-state index contributed by atoms with van der Waals surface area (Å²) in [5.41, 5.74) is 6.27. The van der Waals surface area contributed by atoms with Gasteiger partial charge in [0.1, 0.15) is 0 Å². The van der Waals surface area contributed by atoms with Crippen LogP contribution in [-0.4, -0.2) is 5.91 Å². The zero-order chi connectivity index (χ0) is 10.7. The second-order valence-electron chi connectivity index (χ2n) is 6.91. The Bertz CT molecular complexity index is 296. The standard InChI is InChI=1S/C13H21NO/c1-12-3-9-2-10(4-12)6-13(5-9,8-12)7-11(14)15/h9-10H,2-8H2,1H3,(H2,14,15). The molecule has 0 radical (unpaired) electrons. The van der Waals surface area contributed by atoms with Crippen LogP contribution >= 0.6 is 0 Å². The quantitative estimate of drug-likeness (QED) is 0.742. The average Bonchev–Trinajstić information content (AvgIpc) is 1.94. The lowest BCUT2D eigenvalue weighted by Crippen LogP contribution is -2.51. The van der Waals surface area contributed by atoms with Crippen molar-refractivity contribution in [3.63, 3.8) is 0 Å². The van der Waals surface area contributed by atoms with E-state index in [1.54, 1.807) is 0 Å². The SMILES string of the molecule is CC12CC3CC(C1)CC(CC(N)=O)(C3)C2. The van der Waals surface area contributed by atoms with Crippen LogP contribution in [0.15, 0.2) is 0 Å². The predicted molar refractivity (Wildman–Crippen MR) is 59.0 cm³/mol. The van der Waals surface area contributed by atoms with Crippen LogP contribution in [-0.2, 0) is 4.79 Å². The molecule has 2 N–H and O–H groups in total. The molecule has 2 unspecified atom stereocenters. The Labute approximate surface area is 91.6 Å². The molecule has 0 heterocycles. The van der Waals surface area contributed by atoms with E-state index in [1.165, 1.54) is 38.5 Å². The molecule has 84 valence electrons. The molecule has 2 atom stereocenters. The smallest absolute Gasteiger partial charge is 0.217 e. The van der Waals surface area contributed by atoms with Crippen molar-refractivity contribution in [1.82, 2.24) is 0 Å². The molecule has 4 aliphatic carbocycles. The number of hydrogen-bond donors (Lipinski definition) is 1. The van der Waals surface area contributed by atoms with Crippen molar-refractivity contribution in [2.24, 2.45) is 28.4 Å². The minimum absolute atomic E-state index is 0.0828. The summed E-state index contributed by atoms with van der Waals surface area (Å²) in [6, 6.07) is 0. The fourth-order valence-corrected chi connectivity index (χ4v) is 5.50. The van der Waals surface area contributed by atoms with Crippen molar-refractivity contribution in [2.45, 2.75) is 51.9 Å². The van der Waals surface area contributed by atoms with E-state index in [4.69, 9.17) is 5.73 Å². The number of rotatable bonds is 2. The third-order valence-electron chi connectivity index (χ3n) is 5.02. The van der Waals surface area contributed by atoms with Gasteiger partial charge >= 0.3 is 0 Å². The van der Waals surface area contributed by atoms with Crippen LogP contribution in [0, 0.1) is 22.7 Å². The van der Waals surface area contributed by atoms with Crippen molar-refractivity contribution in [2.75, 3.05) is 0 Å². The maximum atomic E-state index is 11.2. The summed E-state index contributed by atoms with van der Waals surface area (Å²) in [6.07, 6.45) is 8.71. The molecule has 0 saturated heterocycles. The molecule has 4 saturated carbocycles. The number of carbonyl (C=O) groups excluding carboxylic acids is 1. The van der Waals surface area contributed by atoms with Crippen LogP contribution in [0.4, 0.5) is 0 Å². The molecule has 4 rings (SSSR count). The number of carbonyl (C=O) groups is 1. The average molecular weight is 207 g/mol. The van der Waals surface area contributed by atoms with Gasteiger partial charge in [0.15, 0.2) is 0 Å². The van der Waals surface area contributed by atoms with Crippen LogP contribution in [0.2, 0.25) is 0 Å². The van der Waals surface area contributed by atoms with Gasteiger partial charge in [-0.25, -0.2) is 0 Å². The highest BCUT2D eigenvalue weighted by molar-refractivity contribution is 5.74. The van der Waals surface area contributed by atoms with Gasteiger partial charge in [-0.1, -0.05) is 6.92 Å². The van der Waals surface area contributed by atoms with Crippen molar-refractivity contribution < 1.29 is 4.79 Å². The molecule has 2 nitrogen and oxygen atoms in total. The zero-order valence-corrected chi connectivity index (χ0v) is 9.59. The van der Waals surface area contributed by atoms with Gasteiger partial charge < -0.3 is 5.73 Å². The molecular weight excluding hydrogens is 186 g/mol. The number of nitrogens with two attached hydrogens (primary N) is 1. The number of amides is 1. The highest BCUT2D eigenvalue weighted by atomic mass is 16.1. The highest BCUT2D eigenvalue weighted by Crippen LogP contribution is 2.66. The summed E-state index contributed by atoms with van der Waals surface area (Å²) in [6.45, 7) is 2.43. The molecule has 0 aromatic heterocycles. The molecule has 4 fully saturated rings. The normalized spacial score (nSPS) is 52.1. The Kier molecular flexibility index (Phi) is 1.79. The molecule has 2 heteroatoms. The first kappa shape index (κ1) is 9.68. The summed E-state index contributed by atoms with van der Waals surface area (Å²) in [5, 5.41) is 0. The van der Waals surface area contributed by atoms with E-state index < -0.39 is 0 Å². The van der Waals surface area contributed by atoms with Crippen LogP contribution in [0.5, 0.6) is 0 Å². The van der Waals surface area contributed by atoms with Gasteiger partial charge in [-0.3, -0.25) is 4.79 Å². The molecule has 4 aliphatic rings. The largest absolute Gasteiger partial charge is 0.370 e. The fraction of sp³-hybridized carbons (Fsp3) is 0.923. The van der Waals surface area contributed by atoms with Gasteiger partial charge in [0, 0.05) is 6.42 Å². The maximum absolute atomic E-state index is 11.2. The summed E-state index contributed by atoms with van der Waals surface area (Å²) in [7, 11) is 0. The summed E-state index contributed by atoms with van der Waals surface area (Å²) in [4.78, 5) is 11.2. The van der Waals surface area contributed by atoms with Crippen LogP contribution in [0.25, 0.3) is 0 Å². The lowest BCUT2D eigenvalue weighted by Gasteiger charge is -2.61. The van der Waals surface area contributed by atoms with Crippen molar-refractivity contribution in [3.05, 3.63) is 0 Å². The first-order valence-electron chi connectivity index (χ1n) is 6.27. The van der Waals surface area contributed by atoms with Crippen molar-refractivity contribution in [3.8, 4) is 0 Å². The van der Waals surface area contributed by atoms with Crippen LogP contribution < -0.4 is 5.73 Å².